The Kier molecular flexibility index (Phi) is 6.81. The number of fused-ring (bicyclic) bond motifs is 1. The van der Waals surface area contributed by atoms with Crippen molar-refractivity contribution < 1.29 is 14.3 Å². The summed E-state index contributed by atoms with van der Waals surface area (Å²) < 4.78 is 6.73. The Hall–Kier alpha value is -2.41. The van der Waals surface area contributed by atoms with Crippen LogP contribution in [-0.4, -0.2) is 60.0 Å². The molecule has 0 aromatic carbocycles. The van der Waals surface area contributed by atoms with Gasteiger partial charge >= 0.3 is 0 Å². The Labute approximate surface area is 178 Å². The van der Waals surface area contributed by atoms with Gasteiger partial charge in [-0.3, -0.25) is 14.0 Å². The second-order valence-electron chi connectivity index (χ2n) is 9.12. The van der Waals surface area contributed by atoms with Gasteiger partial charge in [-0.15, -0.1) is 0 Å². The predicted octanol–water partition coefficient (Wildman–Crippen LogP) is 3.24. The van der Waals surface area contributed by atoms with Gasteiger partial charge < -0.3 is 15.0 Å². The van der Waals surface area contributed by atoms with Crippen LogP contribution in [0.25, 0.3) is 5.65 Å². The zero-order chi connectivity index (χ0) is 21.9. The van der Waals surface area contributed by atoms with Crippen molar-refractivity contribution in [2.45, 2.75) is 40.0 Å². The van der Waals surface area contributed by atoms with Crippen molar-refractivity contribution in [2.75, 3.05) is 33.9 Å². The van der Waals surface area contributed by atoms with Gasteiger partial charge in [-0.25, -0.2) is 4.98 Å². The predicted molar refractivity (Wildman–Crippen MR) is 117 cm³/mol. The monoisotopic (exact) mass is 414 g/mol. The molecule has 2 aromatic heterocycles. The Morgan fingerprint density at radius 1 is 1.37 bits per heavy atom. The molecule has 2 atom stereocenters. The molecule has 164 valence electrons. The molecule has 3 rings (SSSR count). The topological polar surface area (TPSA) is 75.9 Å². The number of nitrogens with one attached hydrogen (secondary N) is 1. The molecule has 1 N–H and O–H groups in total. The number of rotatable bonds is 7. The van der Waals surface area contributed by atoms with Gasteiger partial charge in [0.2, 0.25) is 0 Å². The highest BCUT2D eigenvalue weighted by Crippen LogP contribution is 2.43. The first-order chi connectivity index (χ1) is 14.2. The minimum Gasteiger partial charge on any atom is -0.383 e. The summed E-state index contributed by atoms with van der Waals surface area (Å²) in [5, 5.41) is 3.12. The van der Waals surface area contributed by atoms with Crippen molar-refractivity contribution in [3.8, 4) is 0 Å². The number of carbonyl (C=O) groups is 2. The number of amides is 2. The van der Waals surface area contributed by atoms with E-state index < -0.39 is 0 Å². The highest BCUT2D eigenvalue weighted by molar-refractivity contribution is 5.95. The molecule has 1 aliphatic rings. The van der Waals surface area contributed by atoms with Gasteiger partial charge in [-0.05, 0) is 42.2 Å². The van der Waals surface area contributed by atoms with Gasteiger partial charge in [0.25, 0.3) is 11.8 Å². The Morgan fingerprint density at radius 3 is 2.87 bits per heavy atom. The zero-order valence-corrected chi connectivity index (χ0v) is 18.8. The van der Waals surface area contributed by atoms with Crippen LogP contribution in [0.1, 0.15) is 61.0 Å². The molecular weight excluding hydrogens is 380 g/mol. The molecule has 1 saturated carbocycles. The molecule has 1 fully saturated rings. The first kappa shape index (κ1) is 22.3. The normalized spacial score (nSPS) is 20.8. The summed E-state index contributed by atoms with van der Waals surface area (Å²) in [6.45, 7) is 8.54. The van der Waals surface area contributed by atoms with Gasteiger partial charge in [0, 0.05) is 33.4 Å². The van der Waals surface area contributed by atoms with Crippen LogP contribution in [0.15, 0.2) is 24.4 Å². The quantitative estimate of drug-likeness (QED) is 0.755. The fraction of sp³-hybridized carbons (Fsp3) is 0.609. The Morgan fingerprint density at radius 2 is 2.13 bits per heavy atom. The van der Waals surface area contributed by atoms with Crippen LogP contribution in [-0.2, 0) is 4.74 Å². The number of carbonyl (C=O) groups excluding carboxylic acids is 2. The second kappa shape index (κ2) is 9.16. The SMILES string of the molecule is COCCN(C)C(=O)c1cn2c(C(=O)NCC3CCCC(C)(C)C3C)cccc2n1. The summed E-state index contributed by atoms with van der Waals surface area (Å²) in [7, 11) is 3.31. The summed E-state index contributed by atoms with van der Waals surface area (Å²) in [4.78, 5) is 31.6. The molecule has 0 aliphatic heterocycles. The van der Waals surface area contributed by atoms with E-state index in [1.807, 2.05) is 0 Å². The average molecular weight is 415 g/mol. The maximum atomic E-state index is 13.0. The number of aromatic nitrogens is 2. The van der Waals surface area contributed by atoms with Crippen LogP contribution < -0.4 is 5.32 Å². The molecule has 2 aromatic rings. The average Bonchev–Trinajstić information content (AvgIpc) is 3.16. The van der Waals surface area contributed by atoms with E-state index in [2.05, 4.69) is 31.1 Å². The summed E-state index contributed by atoms with van der Waals surface area (Å²) >= 11 is 0. The van der Waals surface area contributed by atoms with Crippen molar-refractivity contribution >= 4 is 17.5 Å². The third-order valence-electron chi connectivity index (χ3n) is 6.78. The number of hydrogen-bond donors (Lipinski definition) is 1. The van der Waals surface area contributed by atoms with E-state index in [9.17, 15) is 9.59 Å². The van der Waals surface area contributed by atoms with E-state index >= 15 is 0 Å². The smallest absolute Gasteiger partial charge is 0.273 e. The van der Waals surface area contributed by atoms with Crippen LogP contribution in [0.3, 0.4) is 0 Å². The van der Waals surface area contributed by atoms with E-state index in [-0.39, 0.29) is 11.8 Å². The van der Waals surface area contributed by atoms with Crippen molar-refractivity contribution in [1.82, 2.24) is 19.6 Å². The first-order valence-corrected chi connectivity index (χ1v) is 10.8. The largest absolute Gasteiger partial charge is 0.383 e. The molecular formula is C23H34N4O3. The molecule has 30 heavy (non-hydrogen) atoms. The van der Waals surface area contributed by atoms with E-state index in [1.54, 1.807) is 47.9 Å². The molecule has 0 bridgehead atoms. The van der Waals surface area contributed by atoms with Crippen LogP contribution in [0, 0.1) is 17.3 Å². The molecule has 1 aliphatic carbocycles. The Bertz CT molecular complexity index is 905. The van der Waals surface area contributed by atoms with Crippen LogP contribution in [0.5, 0.6) is 0 Å². The number of hydrogen-bond acceptors (Lipinski definition) is 4. The maximum Gasteiger partial charge on any atom is 0.273 e. The number of methoxy groups -OCH3 is 1. The lowest BCUT2D eigenvalue weighted by Gasteiger charge is -2.42. The van der Waals surface area contributed by atoms with E-state index in [0.717, 1.165) is 6.42 Å². The lowest BCUT2D eigenvalue weighted by atomic mass is 9.64. The number of imidazole rings is 1. The zero-order valence-electron chi connectivity index (χ0n) is 18.8. The standard InChI is InChI=1S/C23H34N4O3/c1-16-17(8-7-11-23(16,2)3)14-24-21(28)19-9-6-10-20-25-18(15-27(19)20)22(29)26(4)12-13-30-5/h6,9-10,15-17H,7-8,11-14H2,1-5H3,(H,24,28). The molecule has 2 unspecified atom stereocenters. The maximum absolute atomic E-state index is 13.0. The van der Waals surface area contributed by atoms with Gasteiger partial charge in [-0.1, -0.05) is 33.3 Å². The van der Waals surface area contributed by atoms with Crippen LogP contribution in [0.4, 0.5) is 0 Å². The summed E-state index contributed by atoms with van der Waals surface area (Å²) in [5.41, 5.74) is 1.69. The number of pyridine rings is 1. The summed E-state index contributed by atoms with van der Waals surface area (Å²) in [6.07, 6.45) is 5.23. The summed E-state index contributed by atoms with van der Waals surface area (Å²) in [6, 6.07) is 5.36. The molecule has 7 nitrogen and oxygen atoms in total. The Balaban J connectivity index is 1.73. The molecule has 0 radical (unpaired) electrons. The van der Waals surface area contributed by atoms with E-state index in [4.69, 9.17) is 4.74 Å². The fourth-order valence-electron chi connectivity index (χ4n) is 4.35. The second-order valence-corrected chi connectivity index (χ2v) is 9.12. The van der Waals surface area contributed by atoms with Crippen molar-refractivity contribution in [3.05, 3.63) is 35.8 Å². The van der Waals surface area contributed by atoms with Crippen molar-refractivity contribution in [1.29, 1.82) is 0 Å². The van der Waals surface area contributed by atoms with Gasteiger partial charge in [-0.2, -0.15) is 0 Å². The van der Waals surface area contributed by atoms with E-state index in [0.29, 0.717) is 54.0 Å². The highest BCUT2D eigenvalue weighted by Gasteiger charge is 2.35. The lowest BCUT2D eigenvalue weighted by molar-refractivity contribution is 0.0738. The number of nitrogens with zero attached hydrogens (tertiary/aromatic N) is 3. The fourth-order valence-corrected chi connectivity index (χ4v) is 4.35. The van der Waals surface area contributed by atoms with Crippen LogP contribution >= 0.6 is 0 Å². The van der Waals surface area contributed by atoms with Gasteiger partial charge in [0.15, 0.2) is 0 Å². The third-order valence-corrected chi connectivity index (χ3v) is 6.78. The van der Waals surface area contributed by atoms with Gasteiger partial charge in [0.05, 0.1) is 6.61 Å². The molecule has 7 heteroatoms. The van der Waals surface area contributed by atoms with Crippen LogP contribution in [0.2, 0.25) is 0 Å². The summed E-state index contributed by atoms with van der Waals surface area (Å²) in [5.74, 6) is 0.703. The third kappa shape index (κ3) is 4.67. The minimum absolute atomic E-state index is 0.139. The van der Waals surface area contributed by atoms with E-state index in [1.165, 1.54) is 12.8 Å². The molecule has 0 spiro atoms. The van der Waals surface area contributed by atoms with Crippen molar-refractivity contribution in [2.24, 2.45) is 17.3 Å². The minimum atomic E-state index is -0.194. The molecule has 2 amide bonds. The molecule has 0 saturated heterocycles. The molecule has 2 heterocycles. The number of ether oxygens (including phenoxy) is 1. The number of likely N-dealkylation sites (N-methyl/N-ethyl adjacent to an activating group) is 1. The van der Waals surface area contributed by atoms with Gasteiger partial charge in [0.1, 0.15) is 17.0 Å². The lowest BCUT2D eigenvalue weighted by Crippen LogP contribution is -2.40. The highest BCUT2D eigenvalue weighted by atomic mass is 16.5. The first-order valence-electron chi connectivity index (χ1n) is 10.8. The van der Waals surface area contributed by atoms with Crippen molar-refractivity contribution in [3.63, 3.8) is 0 Å².